The molecule has 9 nitrogen and oxygen atoms in total. The Balaban J connectivity index is 1.58. The third-order valence-electron chi connectivity index (χ3n) is 5.48. The number of carbonyl (C=O) groups excluding carboxylic acids is 1. The Bertz CT molecular complexity index is 1050. The first kappa shape index (κ1) is 23.4. The summed E-state index contributed by atoms with van der Waals surface area (Å²) in [5.41, 5.74) is 0.291. The Hall–Kier alpha value is -2.75. The lowest BCUT2D eigenvalue weighted by Gasteiger charge is -2.28. The van der Waals surface area contributed by atoms with Gasteiger partial charge >= 0.3 is 5.69 Å². The number of nitrogens with one attached hydrogen (secondary N) is 2. The van der Waals surface area contributed by atoms with Crippen LogP contribution in [0.5, 0.6) is 0 Å². The summed E-state index contributed by atoms with van der Waals surface area (Å²) in [6.45, 7) is 10.2. The molecule has 0 spiro atoms. The molecule has 0 saturated carbocycles. The minimum absolute atomic E-state index is 0.0448. The van der Waals surface area contributed by atoms with Gasteiger partial charge in [-0.2, -0.15) is 4.98 Å². The third-order valence-corrected chi connectivity index (χ3v) is 5.48. The van der Waals surface area contributed by atoms with Crippen LogP contribution in [0.2, 0.25) is 0 Å². The average molecular weight is 457 g/mol. The fraction of sp³-hybridized carbons (Fsp3) is 0.542. The maximum atomic E-state index is 12.9. The summed E-state index contributed by atoms with van der Waals surface area (Å²) in [6.07, 6.45) is 0.342. The van der Waals surface area contributed by atoms with Gasteiger partial charge in [0.05, 0.1) is 30.0 Å². The second-order valence-corrected chi connectivity index (χ2v) is 9.67. The molecular formula is C24H32N4O5. The van der Waals surface area contributed by atoms with E-state index in [9.17, 15) is 9.59 Å². The smallest absolute Gasteiger partial charge is 0.351 e. The van der Waals surface area contributed by atoms with E-state index in [0.29, 0.717) is 18.6 Å². The molecule has 0 bridgehead atoms. The van der Waals surface area contributed by atoms with Crippen molar-refractivity contribution < 1.29 is 19.0 Å². The van der Waals surface area contributed by atoms with Crippen LogP contribution in [0.3, 0.4) is 0 Å². The second-order valence-electron chi connectivity index (χ2n) is 9.67. The third kappa shape index (κ3) is 5.43. The van der Waals surface area contributed by atoms with E-state index in [1.54, 1.807) is 0 Å². The first-order chi connectivity index (χ1) is 15.6. The standard InChI is InChI=1S/C24H32N4O5/c1-14(2)31-13-18-17(33-24(3,4)5)11-19(32-18)28-12-16-21(27-23(28)30)25-20(26-22(16)29)15-9-7-6-8-10-15/h6-10,12,14,17-20H,11,13H2,1-5H3,(H,26,29)(H,25,27,30)/t17?,18-,19-,20?/m1/s1. The van der Waals surface area contributed by atoms with Crippen LogP contribution in [0.15, 0.2) is 41.3 Å². The highest BCUT2D eigenvalue weighted by molar-refractivity contribution is 6.00. The topological polar surface area (TPSA) is 104 Å². The number of aromatic nitrogens is 2. The molecule has 1 saturated heterocycles. The molecule has 33 heavy (non-hydrogen) atoms. The maximum absolute atomic E-state index is 12.9. The van der Waals surface area contributed by atoms with Crippen molar-refractivity contribution in [1.82, 2.24) is 14.9 Å². The molecule has 2 N–H and O–H groups in total. The summed E-state index contributed by atoms with van der Waals surface area (Å²) in [6, 6.07) is 9.46. The molecule has 1 amide bonds. The predicted molar refractivity (Wildman–Crippen MR) is 123 cm³/mol. The number of fused-ring (bicyclic) bond motifs is 1. The van der Waals surface area contributed by atoms with Crippen molar-refractivity contribution in [2.45, 2.75) is 77.3 Å². The highest BCUT2D eigenvalue weighted by Gasteiger charge is 2.40. The number of anilines is 1. The fourth-order valence-electron chi connectivity index (χ4n) is 4.03. The van der Waals surface area contributed by atoms with Crippen LogP contribution < -0.4 is 16.3 Å². The molecule has 2 aliphatic heterocycles. The average Bonchev–Trinajstić information content (AvgIpc) is 3.13. The van der Waals surface area contributed by atoms with Crippen LogP contribution in [0.25, 0.3) is 0 Å². The first-order valence-corrected chi connectivity index (χ1v) is 11.3. The molecule has 4 atom stereocenters. The number of rotatable bonds is 6. The highest BCUT2D eigenvalue weighted by Crippen LogP contribution is 2.34. The van der Waals surface area contributed by atoms with Gasteiger partial charge in [-0.1, -0.05) is 30.3 Å². The molecule has 4 rings (SSSR count). The molecule has 2 unspecified atom stereocenters. The van der Waals surface area contributed by atoms with Crippen LogP contribution in [0.1, 0.15) is 69.4 Å². The van der Waals surface area contributed by atoms with Crippen molar-refractivity contribution in [2.24, 2.45) is 0 Å². The van der Waals surface area contributed by atoms with E-state index >= 15 is 0 Å². The molecule has 1 aromatic heterocycles. The Kier molecular flexibility index (Phi) is 6.56. The Morgan fingerprint density at radius 2 is 1.91 bits per heavy atom. The van der Waals surface area contributed by atoms with E-state index in [0.717, 1.165) is 5.56 Å². The summed E-state index contributed by atoms with van der Waals surface area (Å²) in [5.74, 6) is -0.0481. The van der Waals surface area contributed by atoms with Gasteiger partial charge in [-0.25, -0.2) is 4.79 Å². The first-order valence-electron chi connectivity index (χ1n) is 11.3. The van der Waals surface area contributed by atoms with Crippen LogP contribution in [-0.4, -0.2) is 46.0 Å². The monoisotopic (exact) mass is 456 g/mol. The van der Waals surface area contributed by atoms with Gasteiger partial charge in [0.2, 0.25) is 0 Å². The summed E-state index contributed by atoms with van der Waals surface area (Å²) < 4.78 is 19.5. The van der Waals surface area contributed by atoms with Crippen molar-refractivity contribution in [3.63, 3.8) is 0 Å². The Morgan fingerprint density at radius 1 is 1.18 bits per heavy atom. The van der Waals surface area contributed by atoms with Crippen molar-refractivity contribution in [3.05, 3.63) is 58.1 Å². The molecule has 3 heterocycles. The maximum Gasteiger partial charge on any atom is 0.351 e. The van der Waals surface area contributed by atoms with Gasteiger partial charge < -0.3 is 24.8 Å². The SMILES string of the molecule is CC(C)OC[C@H]1O[C@@H](n2cc3c(nc2=O)NC(c2ccccc2)NC3=O)CC1OC(C)(C)C. The zero-order valence-electron chi connectivity index (χ0n) is 19.7. The van der Waals surface area contributed by atoms with Crippen LogP contribution in [0, 0.1) is 0 Å². The van der Waals surface area contributed by atoms with Crippen molar-refractivity contribution in [3.8, 4) is 0 Å². The van der Waals surface area contributed by atoms with Gasteiger partial charge in [-0.15, -0.1) is 0 Å². The molecule has 2 aliphatic rings. The molecule has 178 valence electrons. The molecule has 1 aromatic carbocycles. The second kappa shape index (κ2) is 9.24. The van der Waals surface area contributed by atoms with E-state index < -0.39 is 18.1 Å². The Morgan fingerprint density at radius 3 is 2.58 bits per heavy atom. The summed E-state index contributed by atoms with van der Waals surface area (Å²) in [7, 11) is 0. The fourth-order valence-corrected chi connectivity index (χ4v) is 4.03. The molecule has 2 aromatic rings. The number of hydrogen-bond acceptors (Lipinski definition) is 7. The largest absolute Gasteiger partial charge is 0.376 e. The van der Waals surface area contributed by atoms with Gasteiger partial charge in [0.1, 0.15) is 24.3 Å². The number of hydrogen-bond donors (Lipinski definition) is 2. The van der Waals surface area contributed by atoms with Crippen molar-refractivity contribution in [2.75, 3.05) is 11.9 Å². The zero-order chi connectivity index (χ0) is 23.8. The quantitative estimate of drug-likeness (QED) is 0.689. The van der Waals surface area contributed by atoms with Gasteiger partial charge in [-0.3, -0.25) is 9.36 Å². The van der Waals surface area contributed by atoms with Crippen LogP contribution in [-0.2, 0) is 14.2 Å². The lowest BCUT2D eigenvalue weighted by molar-refractivity contribution is -0.119. The number of amides is 1. The van der Waals surface area contributed by atoms with E-state index in [4.69, 9.17) is 14.2 Å². The minimum atomic E-state index is -0.608. The van der Waals surface area contributed by atoms with Crippen molar-refractivity contribution >= 4 is 11.7 Å². The van der Waals surface area contributed by atoms with Gasteiger partial charge in [0.15, 0.2) is 0 Å². The van der Waals surface area contributed by atoms with E-state index in [2.05, 4.69) is 15.6 Å². The molecule has 9 heteroatoms. The predicted octanol–water partition coefficient (Wildman–Crippen LogP) is 2.99. The summed E-state index contributed by atoms with van der Waals surface area (Å²) in [4.78, 5) is 29.9. The van der Waals surface area contributed by atoms with E-state index in [1.165, 1.54) is 10.8 Å². The molecule has 0 aliphatic carbocycles. The zero-order valence-corrected chi connectivity index (χ0v) is 19.7. The molecular weight excluding hydrogens is 424 g/mol. The Labute approximate surface area is 193 Å². The normalized spacial score (nSPS) is 25.0. The van der Waals surface area contributed by atoms with Gasteiger partial charge in [0, 0.05) is 12.6 Å². The number of benzene rings is 1. The number of ether oxygens (including phenoxy) is 3. The molecule has 0 radical (unpaired) electrons. The number of nitrogens with zero attached hydrogens (tertiary/aromatic N) is 2. The summed E-state index contributed by atoms with van der Waals surface area (Å²) >= 11 is 0. The lowest BCUT2D eigenvalue weighted by atomic mass is 10.1. The van der Waals surface area contributed by atoms with Crippen molar-refractivity contribution in [1.29, 1.82) is 0 Å². The highest BCUT2D eigenvalue weighted by atomic mass is 16.6. The van der Waals surface area contributed by atoms with E-state index in [1.807, 2.05) is 65.0 Å². The molecule has 1 fully saturated rings. The minimum Gasteiger partial charge on any atom is -0.376 e. The van der Waals surface area contributed by atoms with Gasteiger partial charge in [-0.05, 0) is 40.2 Å². The van der Waals surface area contributed by atoms with E-state index in [-0.39, 0.29) is 35.6 Å². The summed E-state index contributed by atoms with van der Waals surface area (Å²) in [5, 5.41) is 6.06. The van der Waals surface area contributed by atoms with Crippen LogP contribution >= 0.6 is 0 Å². The van der Waals surface area contributed by atoms with Crippen LogP contribution in [0.4, 0.5) is 5.82 Å². The lowest BCUT2D eigenvalue weighted by Crippen LogP contribution is -2.41. The number of carbonyl (C=O) groups is 1. The van der Waals surface area contributed by atoms with Gasteiger partial charge in [0.25, 0.3) is 5.91 Å².